The average Bonchev–Trinajstić information content (AvgIpc) is 2.74. The van der Waals surface area contributed by atoms with Crippen LogP contribution in [0.25, 0.3) is 0 Å². The molecule has 0 bridgehead atoms. The van der Waals surface area contributed by atoms with E-state index in [4.69, 9.17) is 4.74 Å². The van der Waals surface area contributed by atoms with Gasteiger partial charge in [-0.3, -0.25) is 4.99 Å². The summed E-state index contributed by atoms with van der Waals surface area (Å²) >= 11 is 0. The SMILES string of the molecule is C/N=C/c1cc(C)ccc1Pc1cc(C(C)(C)C)cc(C(C)(C)C)c1OCc1ccccc1. The first kappa shape index (κ1) is 25.2. The largest absolute Gasteiger partial charge is 0.488 e. The predicted octanol–water partition coefficient (Wildman–Crippen LogP) is 6.85. The van der Waals surface area contributed by atoms with Gasteiger partial charge in [-0.1, -0.05) is 104 Å². The van der Waals surface area contributed by atoms with Crippen molar-refractivity contribution in [2.24, 2.45) is 4.99 Å². The normalized spacial score (nSPS) is 12.7. The van der Waals surface area contributed by atoms with Crippen molar-refractivity contribution in [3.63, 3.8) is 0 Å². The first-order valence-corrected chi connectivity index (χ1v) is 12.6. The Morgan fingerprint density at radius 1 is 0.848 bits per heavy atom. The molecule has 1 atom stereocenters. The van der Waals surface area contributed by atoms with E-state index in [1.165, 1.54) is 38.4 Å². The van der Waals surface area contributed by atoms with Crippen molar-refractivity contribution in [2.45, 2.75) is 65.9 Å². The second-order valence-corrected chi connectivity index (χ2v) is 12.1. The number of ether oxygens (including phenoxy) is 1. The van der Waals surface area contributed by atoms with Gasteiger partial charge in [-0.15, -0.1) is 0 Å². The van der Waals surface area contributed by atoms with Crippen LogP contribution < -0.4 is 15.3 Å². The van der Waals surface area contributed by atoms with Crippen molar-refractivity contribution in [1.29, 1.82) is 0 Å². The number of hydrogen-bond acceptors (Lipinski definition) is 2. The van der Waals surface area contributed by atoms with Gasteiger partial charge in [-0.2, -0.15) is 0 Å². The second-order valence-electron chi connectivity index (χ2n) is 10.8. The zero-order valence-corrected chi connectivity index (χ0v) is 22.4. The van der Waals surface area contributed by atoms with E-state index in [0.29, 0.717) is 15.2 Å². The Morgan fingerprint density at radius 2 is 1.55 bits per heavy atom. The highest BCUT2D eigenvalue weighted by Crippen LogP contribution is 2.37. The van der Waals surface area contributed by atoms with Gasteiger partial charge in [0.1, 0.15) is 12.4 Å². The maximum atomic E-state index is 6.62. The molecule has 174 valence electrons. The molecule has 0 N–H and O–H groups in total. The Bertz CT molecular complexity index is 1120. The van der Waals surface area contributed by atoms with E-state index >= 15 is 0 Å². The van der Waals surface area contributed by atoms with Crippen molar-refractivity contribution >= 4 is 25.4 Å². The van der Waals surface area contributed by atoms with Crippen LogP contribution in [0.4, 0.5) is 0 Å². The summed E-state index contributed by atoms with van der Waals surface area (Å²) in [4.78, 5) is 4.31. The predicted molar refractivity (Wildman–Crippen MR) is 147 cm³/mol. The monoisotopic (exact) mass is 459 g/mol. The van der Waals surface area contributed by atoms with Gasteiger partial charge in [0.2, 0.25) is 0 Å². The van der Waals surface area contributed by atoms with Crippen LogP contribution in [-0.2, 0) is 17.4 Å². The summed E-state index contributed by atoms with van der Waals surface area (Å²) in [6.45, 7) is 16.4. The van der Waals surface area contributed by atoms with Gasteiger partial charge in [-0.25, -0.2) is 0 Å². The third-order valence-corrected chi connectivity index (χ3v) is 7.10. The van der Waals surface area contributed by atoms with E-state index in [0.717, 1.165) is 5.75 Å². The first-order chi connectivity index (χ1) is 15.5. The molecule has 0 aliphatic heterocycles. The molecule has 0 amide bonds. The third kappa shape index (κ3) is 6.55. The fourth-order valence-electron chi connectivity index (χ4n) is 3.78. The second kappa shape index (κ2) is 10.2. The van der Waals surface area contributed by atoms with Gasteiger partial charge in [0.15, 0.2) is 0 Å². The van der Waals surface area contributed by atoms with Gasteiger partial charge >= 0.3 is 0 Å². The minimum absolute atomic E-state index is 0.0342. The molecule has 3 aromatic carbocycles. The molecule has 33 heavy (non-hydrogen) atoms. The lowest BCUT2D eigenvalue weighted by molar-refractivity contribution is 0.300. The van der Waals surface area contributed by atoms with Gasteiger partial charge in [0.25, 0.3) is 0 Å². The van der Waals surface area contributed by atoms with Gasteiger partial charge in [0, 0.05) is 29.7 Å². The first-order valence-electron chi connectivity index (χ1n) is 11.6. The zero-order valence-electron chi connectivity index (χ0n) is 21.4. The third-order valence-electron chi connectivity index (χ3n) is 5.73. The van der Waals surface area contributed by atoms with Crippen LogP contribution in [0.15, 0.2) is 65.7 Å². The fraction of sp³-hybridized carbons (Fsp3) is 0.367. The lowest BCUT2D eigenvalue weighted by Gasteiger charge is -2.29. The van der Waals surface area contributed by atoms with E-state index < -0.39 is 0 Å². The van der Waals surface area contributed by atoms with Crippen molar-refractivity contribution in [3.8, 4) is 5.75 Å². The molecule has 0 fully saturated rings. The summed E-state index contributed by atoms with van der Waals surface area (Å²) in [6.07, 6.45) is 1.97. The molecule has 0 aliphatic rings. The van der Waals surface area contributed by atoms with Crippen LogP contribution in [0.3, 0.4) is 0 Å². The molecule has 0 spiro atoms. The Labute approximate surface area is 202 Å². The van der Waals surface area contributed by atoms with Crippen molar-refractivity contribution in [3.05, 3.63) is 88.5 Å². The molecule has 0 saturated carbocycles. The fourth-order valence-corrected chi connectivity index (χ4v) is 5.07. The molecule has 0 heterocycles. The summed E-state index contributed by atoms with van der Waals surface area (Å²) in [5.74, 6) is 1.03. The smallest absolute Gasteiger partial charge is 0.131 e. The Balaban J connectivity index is 2.17. The molecule has 0 aromatic heterocycles. The highest BCUT2D eigenvalue weighted by atomic mass is 31.1. The molecule has 0 aliphatic carbocycles. The van der Waals surface area contributed by atoms with E-state index in [1.54, 1.807) is 0 Å². The lowest BCUT2D eigenvalue weighted by atomic mass is 9.80. The van der Waals surface area contributed by atoms with E-state index in [-0.39, 0.29) is 10.8 Å². The molecular weight excluding hydrogens is 421 g/mol. The zero-order chi connectivity index (χ0) is 24.2. The summed E-state index contributed by atoms with van der Waals surface area (Å²) in [5, 5.41) is 2.56. The average molecular weight is 460 g/mol. The molecular formula is C30H38NOP. The summed E-state index contributed by atoms with van der Waals surface area (Å²) in [6, 6.07) is 21.8. The van der Waals surface area contributed by atoms with Crippen LogP contribution in [0.5, 0.6) is 5.75 Å². The highest BCUT2D eigenvalue weighted by Gasteiger charge is 2.26. The van der Waals surface area contributed by atoms with Gasteiger partial charge < -0.3 is 4.74 Å². The quantitative estimate of drug-likeness (QED) is 0.292. The Kier molecular flexibility index (Phi) is 7.80. The van der Waals surface area contributed by atoms with Gasteiger partial charge in [-0.05, 0) is 46.3 Å². The highest BCUT2D eigenvalue weighted by molar-refractivity contribution is 7.56. The molecule has 3 rings (SSSR count). The van der Waals surface area contributed by atoms with Crippen molar-refractivity contribution in [1.82, 2.24) is 0 Å². The van der Waals surface area contributed by atoms with Gasteiger partial charge in [0.05, 0.1) is 0 Å². The maximum Gasteiger partial charge on any atom is 0.131 e. The molecule has 3 aromatic rings. The minimum Gasteiger partial charge on any atom is -0.488 e. The number of aliphatic imine (C=N–C) groups is 1. The van der Waals surface area contributed by atoms with Crippen molar-refractivity contribution in [2.75, 3.05) is 7.05 Å². The molecule has 2 nitrogen and oxygen atoms in total. The molecule has 0 saturated heterocycles. The molecule has 3 heteroatoms. The van der Waals surface area contributed by atoms with Crippen LogP contribution in [0.2, 0.25) is 0 Å². The Hall–Kier alpha value is -2.44. The van der Waals surface area contributed by atoms with Crippen molar-refractivity contribution < 1.29 is 4.74 Å². The molecule has 0 radical (unpaired) electrons. The van der Waals surface area contributed by atoms with Crippen LogP contribution >= 0.6 is 8.58 Å². The van der Waals surface area contributed by atoms with E-state index in [9.17, 15) is 0 Å². The number of aryl methyl sites for hydroxylation is 1. The van der Waals surface area contributed by atoms with Crippen LogP contribution in [0, 0.1) is 6.92 Å². The lowest BCUT2D eigenvalue weighted by Crippen LogP contribution is -2.23. The van der Waals surface area contributed by atoms with E-state index in [1.807, 2.05) is 19.3 Å². The number of nitrogens with zero attached hydrogens (tertiary/aromatic N) is 1. The topological polar surface area (TPSA) is 21.6 Å². The minimum atomic E-state index is -0.0342. The summed E-state index contributed by atoms with van der Waals surface area (Å²) in [5.41, 5.74) is 6.25. The van der Waals surface area contributed by atoms with Crippen LogP contribution in [0.1, 0.15) is 69.4 Å². The Morgan fingerprint density at radius 3 is 2.15 bits per heavy atom. The number of benzene rings is 3. The summed E-state index contributed by atoms with van der Waals surface area (Å²) < 4.78 is 6.62. The number of rotatable bonds is 6. The maximum absolute atomic E-state index is 6.62. The standard InChI is InChI=1S/C30H38NOP/c1-21-14-15-26(23(16-21)19-31-8)33-27-18-24(29(2,3)4)17-25(30(5,6)7)28(27)32-20-22-12-10-9-11-13-22/h9-19,33H,20H2,1-8H3/b31-19+. The van der Waals surface area contributed by atoms with E-state index in [2.05, 4.69) is 108 Å². The van der Waals surface area contributed by atoms with Crippen LogP contribution in [-0.4, -0.2) is 13.3 Å². The molecule has 1 unspecified atom stereocenters. The summed E-state index contributed by atoms with van der Waals surface area (Å²) in [7, 11) is 2.32. The number of hydrogen-bond donors (Lipinski definition) is 0.